The maximum Gasteiger partial charge on any atom is 0.178 e. The summed E-state index contributed by atoms with van der Waals surface area (Å²) in [5.74, 6) is 0.823. The van der Waals surface area contributed by atoms with Gasteiger partial charge in [0.25, 0.3) is 0 Å². The van der Waals surface area contributed by atoms with Crippen LogP contribution in [0.4, 0.5) is 0 Å². The number of Topliss-reactive ketones (excluding diaryl/α,β-unsaturated/α-hetero) is 2. The molecule has 0 aromatic rings. The molecule has 0 aromatic heterocycles. The number of rotatable bonds is 1. The van der Waals surface area contributed by atoms with Gasteiger partial charge in [-0.05, 0) is 89.8 Å². The Morgan fingerprint density at radius 2 is 1.60 bits per heavy atom. The lowest BCUT2D eigenvalue weighted by molar-refractivity contribution is -0.226. The second-order valence-corrected chi connectivity index (χ2v) is 15.2. The van der Waals surface area contributed by atoms with Gasteiger partial charge >= 0.3 is 0 Å². The van der Waals surface area contributed by atoms with Crippen LogP contribution in [0.2, 0.25) is 0 Å². The molecular formula is C31H45NO3. The molecule has 4 saturated carbocycles. The molecule has 1 N–H and O–H groups in total. The molecule has 0 aliphatic heterocycles. The largest absolute Gasteiger partial charge is 0.396 e. The number of aliphatic hydroxyl groups excluding tert-OH is 1. The number of carbonyl (C=O) groups excluding carboxylic acids is 2. The summed E-state index contributed by atoms with van der Waals surface area (Å²) in [6.45, 7) is 16.0. The Hall–Kier alpha value is -1.47. The average Bonchev–Trinajstić information content (AvgIpc) is 2.77. The number of aliphatic hydroxyl groups is 1. The zero-order chi connectivity index (χ0) is 25.8. The predicted octanol–water partition coefficient (Wildman–Crippen LogP) is 6.28. The van der Waals surface area contributed by atoms with Gasteiger partial charge in [0, 0.05) is 24.4 Å². The van der Waals surface area contributed by atoms with Gasteiger partial charge in [-0.3, -0.25) is 9.59 Å². The summed E-state index contributed by atoms with van der Waals surface area (Å²) in [5.41, 5.74) is -0.764. The van der Waals surface area contributed by atoms with Crippen molar-refractivity contribution in [3.63, 3.8) is 0 Å². The fraction of sp³-hybridized carbons (Fsp3) is 0.839. The number of nitriles is 1. The zero-order valence-corrected chi connectivity index (χ0v) is 23.0. The van der Waals surface area contributed by atoms with Crippen LogP contribution in [0.1, 0.15) is 99.8 Å². The summed E-state index contributed by atoms with van der Waals surface area (Å²) < 4.78 is 0. The van der Waals surface area contributed by atoms with Gasteiger partial charge in [-0.15, -0.1) is 0 Å². The van der Waals surface area contributed by atoms with Gasteiger partial charge in [0.15, 0.2) is 5.78 Å². The average molecular weight is 480 g/mol. The third-order valence-corrected chi connectivity index (χ3v) is 13.0. The van der Waals surface area contributed by atoms with Crippen LogP contribution in [0.15, 0.2) is 11.6 Å². The van der Waals surface area contributed by atoms with Crippen molar-refractivity contribution in [3.8, 4) is 6.07 Å². The smallest absolute Gasteiger partial charge is 0.178 e. The minimum absolute atomic E-state index is 0.0120. The Bertz CT molecular complexity index is 1050. The van der Waals surface area contributed by atoms with Crippen molar-refractivity contribution in [2.75, 3.05) is 6.61 Å². The van der Waals surface area contributed by atoms with Gasteiger partial charge in [-0.2, -0.15) is 5.26 Å². The molecule has 35 heavy (non-hydrogen) atoms. The lowest BCUT2D eigenvalue weighted by Crippen LogP contribution is -2.68. The molecule has 5 aliphatic carbocycles. The van der Waals surface area contributed by atoms with Crippen LogP contribution in [0.3, 0.4) is 0 Å². The molecule has 8 atom stereocenters. The van der Waals surface area contributed by atoms with Crippen LogP contribution < -0.4 is 0 Å². The Labute approximate surface area is 211 Å². The van der Waals surface area contributed by atoms with Gasteiger partial charge in [-0.25, -0.2) is 0 Å². The quantitative estimate of drug-likeness (QED) is 0.480. The van der Waals surface area contributed by atoms with Crippen LogP contribution in [-0.4, -0.2) is 23.3 Å². The van der Waals surface area contributed by atoms with Gasteiger partial charge in [0.05, 0.1) is 5.57 Å². The number of hydrogen-bond donors (Lipinski definition) is 1. The second kappa shape index (κ2) is 7.31. The van der Waals surface area contributed by atoms with E-state index < -0.39 is 5.41 Å². The normalized spacial score (nSPS) is 50.1. The minimum atomic E-state index is -0.595. The fourth-order valence-corrected chi connectivity index (χ4v) is 10.7. The molecule has 0 amide bonds. The summed E-state index contributed by atoms with van der Waals surface area (Å²) in [5, 5.41) is 20.5. The lowest BCUT2D eigenvalue weighted by Gasteiger charge is -2.72. The van der Waals surface area contributed by atoms with E-state index in [4.69, 9.17) is 0 Å². The van der Waals surface area contributed by atoms with Crippen LogP contribution >= 0.6 is 0 Å². The van der Waals surface area contributed by atoms with Crippen molar-refractivity contribution in [2.45, 2.75) is 99.8 Å². The van der Waals surface area contributed by atoms with Gasteiger partial charge < -0.3 is 5.11 Å². The van der Waals surface area contributed by atoms with Crippen LogP contribution in [0.25, 0.3) is 0 Å². The molecular weight excluding hydrogens is 434 g/mol. The van der Waals surface area contributed by atoms with Gasteiger partial charge in [-0.1, -0.05) is 54.5 Å². The standard InChI is InChI=1S/C31H45NO3/c1-26(2)10-12-31(18-33)13-11-30(7)24(20(31)16-26)21(34)14-23-28(5)15-19(17-32)25(35)27(3,4)22(28)8-9-29(23,30)6/h15,20,22-24,33H,8-14,16,18H2,1-7H3/t20?,22-,23?,24?,28-,29+,30+,31+/m0/s1. The number of nitrogens with zero attached hydrogens (tertiary/aromatic N) is 1. The van der Waals surface area contributed by atoms with Crippen molar-refractivity contribution < 1.29 is 14.7 Å². The molecule has 0 spiro atoms. The Balaban J connectivity index is 1.63. The van der Waals surface area contributed by atoms with Crippen molar-refractivity contribution >= 4 is 11.6 Å². The summed E-state index contributed by atoms with van der Waals surface area (Å²) in [7, 11) is 0. The first-order valence-corrected chi connectivity index (χ1v) is 13.9. The lowest BCUT2D eigenvalue weighted by atomic mass is 9.31. The van der Waals surface area contributed by atoms with E-state index in [0.717, 1.165) is 44.9 Å². The molecule has 4 nitrogen and oxygen atoms in total. The highest BCUT2D eigenvalue weighted by molar-refractivity contribution is 6.04. The topological polar surface area (TPSA) is 78.2 Å². The first kappa shape index (κ1) is 25.2. The fourth-order valence-electron chi connectivity index (χ4n) is 10.7. The van der Waals surface area contributed by atoms with E-state index in [9.17, 15) is 20.0 Å². The summed E-state index contributed by atoms with van der Waals surface area (Å²) in [6, 6.07) is 2.21. The van der Waals surface area contributed by atoms with E-state index in [1.807, 2.05) is 19.9 Å². The molecule has 5 aliphatic rings. The van der Waals surface area contributed by atoms with Crippen LogP contribution in [0, 0.1) is 67.5 Å². The first-order chi connectivity index (χ1) is 16.1. The van der Waals surface area contributed by atoms with Gasteiger partial charge in [0.1, 0.15) is 11.9 Å². The maximum absolute atomic E-state index is 14.3. The number of allylic oxidation sites excluding steroid dienone is 2. The van der Waals surface area contributed by atoms with E-state index >= 15 is 0 Å². The van der Waals surface area contributed by atoms with E-state index in [1.54, 1.807) is 0 Å². The number of hydrogen-bond acceptors (Lipinski definition) is 4. The predicted molar refractivity (Wildman–Crippen MR) is 136 cm³/mol. The van der Waals surface area contributed by atoms with Gasteiger partial charge in [0.2, 0.25) is 0 Å². The molecule has 0 bridgehead atoms. The van der Waals surface area contributed by atoms with Crippen molar-refractivity contribution in [2.24, 2.45) is 56.2 Å². The molecule has 0 aromatic carbocycles. The number of fused-ring (bicyclic) bond motifs is 7. The molecule has 192 valence electrons. The summed E-state index contributed by atoms with van der Waals surface area (Å²) in [6.07, 6.45) is 9.61. The minimum Gasteiger partial charge on any atom is -0.396 e. The van der Waals surface area contributed by atoms with E-state index in [0.29, 0.717) is 12.2 Å². The number of carbonyl (C=O) groups is 2. The summed E-state index contributed by atoms with van der Waals surface area (Å²) in [4.78, 5) is 27.5. The maximum atomic E-state index is 14.3. The van der Waals surface area contributed by atoms with E-state index in [-0.39, 0.29) is 68.7 Å². The van der Waals surface area contributed by atoms with Crippen LogP contribution in [-0.2, 0) is 9.59 Å². The second-order valence-electron chi connectivity index (χ2n) is 15.2. The summed E-state index contributed by atoms with van der Waals surface area (Å²) >= 11 is 0. The van der Waals surface area contributed by atoms with E-state index in [2.05, 4.69) is 40.7 Å². The SMILES string of the molecule is CC1(C)CC[C@]2(CO)CC[C@]3(C)C(C(=O)CC4[C@@]5(C)C=C(C#N)C(=O)C(C)(C)[C@@H]5CC[C@]43C)C2C1. The highest BCUT2D eigenvalue weighted by Gasteiger charge is 2.72. The monoisotopic (exact) mass is 479 g/mol. The zero-order valence-electron chi connectivity index (χ0n) is 23.0. The first-order valence-electron chi connectivity index (χ1n) is 13.9. The highest BCUT2D eigenvalue weighted by atomic mass is 16.3. The third-order valence-electron chi connectivity index (χ3n) is 13.0. The molecule has 0 radical (unpaired) electrons. The Morgan fingerprint density at radius 3 is 2.23 bits per heavy atom. The van der Waals surface area contributed by atoms with Crippen molar-refractivity contribution in [1.29, 1.82) is 5.26 Å². The van der Waals surface area contributed by atoms with Crippen molar-refractivity contribution in [1.82, 2.24) is 0 Å². The Kier molecular flexibility index (Phi) is 5.26. The molecule has 4 fully saturated rings. The highest BCUT2D eigenvalue weighted by Crippen LogP contribution is 2.75. The van der Waals surface area contributed by atoms with Crippen molar-refractivity contribution in [3.05, 3.63) is 11.6 Å². The Morgan fingerprint density at radius 1 is 0.943 bits per heavy atom. The van der Waals surface area contributed by atoms with Crippen LogP contribution in [0.5, 0.6) is 0 Å². The molecule has 0 heterocycles. The molecule has 3 unspecified atom stereocenters. The number of ketones is 2. The van der Waals surface area contributed by atoms with E-state index in [1.165, 1.54) is 0 Å². The molecule has 5 rings (SSSR count). The molecule has 0 saturated heterocycles. The molecule has 4 heteroatoms. The third kappa shape index (κ3) is 3.00.